The van der Waals surface area contributed by atoms with Gasteiger partial charge in [-0.1, -0.05) is 70.4 Å². The van der Waals surface area contributed by atoms with Gasteiger partial charge in [0.2, 0.25) is 0 Å². The Morgan fingerprint density at radius 3 is 1.77 bits per heavy atom. The number of rotatable bonds is 15. The fraction of sp³-hybridized carbons (Fsp3) is 0.833. The Kier molecular flexibility index (Phi) is 23.5. The van der Waals surface area contributed by atoms with E-state index in [0.29, 0.717) is 6.42 Å². The summed E-state index contributed by atoms with van der Waals surface area (Å²) >= 11 is 0. The SMILES string of the molecule is CCCCCCCC/C=C\CCCCCCCC(=O)OO.[NaH]. The molecular formula is C18H35NaO3. The van der Waals surface area contributed by atoms with Gasteiger partial charge in [-0.05, 0) is 32.1 Å². The van der Waals surface area contributed by atoms with Crippen LogP contribution in [0, 0.1) is 0 Å². The molecule has 0 aromatic heterocycles. The molecule has 0 heterocycles. The second-order valence-corrected chi connectivity index (χ2v) is 5.80. The maximum absolute atomic E-state index is 10.7. The van der Waals surface area contributed by atoms with Gasteiger partial charge in [-0.25, -0.2) is 4.79 Å². The van der Waals surface area contributed by atoms with E-state index >= 15 is 0 Å². The van der Waals surface area contributed by atoms with Gasteiger partial charge in [0.25, 0.3) is 0 Å². The average molecular weight is 322 g/mol. The molecular weight excluding hydrogens is 287 g/mol. The summed E-state index contributed by atoms with van der Waals surface area (Å²) in [6, 6.07) is 0. The van der Waals surface area contributed by atoms with Gasteiger partial charge in [0.1, 0.15) is 0 Å². The molecule has 0 saturated heterocycles. The molecule has 0 fully saturated rings. The molecule has 22 heavy (non-hydrogen) atoms. The molecule has 0 saturated carbocycles. The van der Waals surface area contributed by atoms with Crippen molar-refractivity contribution in [2.24, 2.45) is 0 Å². The van der Waals surface area contributed by atoms with Crippen LogP contribution < -0.4 is 0 Å². The van der Waals surface area contributed by atoms with E-state index in [1.165, 1.54) is 64.2 Å². The van der Waals surface area contributed by atoms with Crippen molar-refractivity contribution in [2.45, 2.75) is 96.8 Å². The van der Waals surface area contributed by atoms with Gasteiger partial charge in [-0.3, -0.25) is 0 Å². The number of hydrogen-bond donors (Lipinski definition) is 1. The van der Waals surface area contributed by atoms with Gasteiger partial charge in [-0.2, -0.15) is 5.26 Å². The maximum atomic E-state index is 10.7. The number of hydrogen-bond acceptors (Lipinski definition) is 3. The third-order valence-electron chi connectivity index (χ3n) is 3.74. The van der Waals surface area contributed by atoms with E-state index in [9.17, 15) is 4.79 Å². The van der Waals surface area contributed by atoms with E-state index in [1.54, 1.807) is 0 Å². The van der Waals surface area contributed by atoms with Gasteiger partial charge in [-0.15, -0.1) is 0 Å². The number of unbranched alkanes of at least 4 members (excludes halogenated alkanes) is 11. The number of allylic oxidation sites excluding steroid dienone is 2. The van der Waals surface area contributed by atoms with Crippen molar-refractivity contribution in [1.29, 1.82) is 0 Å². The monoisotopic (exact) mass is 322 g/mol. The van der Waals surface area contributed by atoms with Crippen molar-refractivity contribution in [2.75, 3.05) is 0 Å². The van der Waals surface area contributed by atoms with Crippen LogP contribution >= 0.6 is 0 Å². The topological polar surface area (TPSA) is 46.5 Å². The molecule has 0 aliphatic carbocycles. The van der Waals surface area contributed by atoms with Gasteiger partial charge in [0, 0.05) is 6.42 Å². The van der Waals surface area contributed by atoms with Crippen molar-refractivity contribution < 1.29 is 14.9 Å². The Balaban J connectivity index is 0. The Labute approximate surface area is 159 Å². The van der Waals surface area contributed by atoms with Crippen LogP contribution in [-0.4, -0.2) is 40.8 Å². The first kappa shape index (κ1) is 24.4. The van der Waals surface area contributed by atoms with Crippen molar-refractivity contribution >= 4 is 35.5 Å². The zero-order valence-corrected chi connectivity index (χ0v) is 13.8. The van der Waals surface area contributed by atoms with Gasteiger partial charge >= 0.3 is 35.5 Å². The molecule has 0 aromatic carbocycles. The number of carbonyl (C=O) groups is 1. The molecule has 4 heteroatoms. The normalized spacial score (nSPS) is 10.6. The van der Waals surface area contributed by atoms with E-state index in [4.69, 9.17) is 5.26 Å². The van der Waals surface area contributed by atoms with E-state index in [0.717, 1.165) is 19.3 Å². The molecule has 0 unspecified atom stereocenters. The van der Waals surface area contributed by atoms with Crippen LogP contribution in [0.3, 0.4) is 0 Å². The van der Waals surface area contributed by atoms with Crippen LogP contribution in [-0.2, 0) is 9.68 Å². The van der Waals surface area contributed by atoms with E-state index in [2.05, 4.69) is 24.0 Å². The Morgan fingerprint density at radius 2 is 1.27 bits per heavy atom. The summed E-state index contributed by atoms with van der Waals surface area (Å²) < 4.78 is 0. The second-order valence-electron chi connectivity index (χ2n) is 5.80. The number of carbonyl (C=O) groups excluding carboxylic acids is 1. The first-order valence-electron chi connectivity index (χ1n) is 8.80. The molecule has 1 N–H and O–H groups in total. The molecule has 0 aliphatic rings. The molecule has 0 radical (unpaired) electrons. The molecule has 0 spiro atoms. The van der Waals surface area contributed by atoms with Crippen LogP contribution in [0.15, 0.2) is 12.2 Å². The summed E-state index contributed by atoms with van der Waals surface area (Å²) in [4.78, 5) is 14.3. The summed E-state index contributed by atoms with van der Waals surface area (Å²) in [5, 5.41) is 8.09. The first-order chi connectivity index (χ1) is 10.3. The average Bonchev–Trinajstić information content (AvgIpc) is 2.50. The summed E-state index contributed by atoms with van der Waals surface area (Å²) in [6.45, 7) is 2.26. The van der Waals surface area contributed by atoms with Crippen molar-refractivity contribution in [3.8, 4) is 0 Å². The second kappa shape index (κ2) is 21.2. The fourth-order valence-electron chi connectivity index (χ4n) is 2.39. The van der Waals surface area contributed by atoms with Crippen LogP contribution in [0.2, 0.25) is 0 Å². The summed E-state index contributed by atoms with van der Waals surface area (Å²) in [5.41, 5.74) is 0. The predicted molar refractivity (Wildman–Crippen MR) is 95.3 cm³/mol. The quantitative estimate of drug-likeness (QED) is 0.144. The van der Waals surface area contributed by atoms with Crippen molar-refractivity contribution in [1.82, 2.24) is 0 Å². The zero-order chi connectivity index (χ0) is 15.6. The standard InChI is InChI=1S/C18H34O3.Na.H/c1-2-3-4-5-6-7-8-9-10-11-12-13-14-15-16-17-18(19)21-20;;/h9-10,20H,2-8,11-17H2,1H3;;/b10-9-;;. The van der Waals surface area contributed by atoms with Crippen LogP contribution in [0.5, 0.6) is 0 Å². The minimum atomic E-state index is -0.521. The third kappa shape index (κ3) is 20.2. The Bertz CT molecular complexity index is 255. The van der Waals surface area contributed by atoms with Crippen molar-refractivity contribution in [3.05, 3.63) is 12.2 Å². The van der Waals surface area contributed by atoms with Gasteiger partial charge in [0.05, 0.1) is 0 Å². The molecule has 0 amide bonds. The molecule has 0 aliphatic heterocycles. The fourth-order valence-corrected chi connectivity index (χ4v) is 2.39. The molecule has 0 bridgehead atoms. The van der Waals surface area contributed by atoms with Crippen molar-refractivity contribution in [3.63, 3.8) is 0 Å². The molecule has 0 atom stereocenters. The summed E-state index contributed by atoms with van der Waals surface area (Å²) in [7, 11) is 0. The third-order valence-corrected chi connectivity index (χ3v) is 3.74. The van der Waals surface area contributed by atoms with Gasteiger partial charge in [0.15, 0.2) is 0 Å². The van der Waals surface area contributed by atoms with Gasteiger partial charge < -0.3 is 4.89 Å². The summed E-state index contributed by atoms with van der Waals surface area (Å²) in [6.07, 6.45) is 21.1. The molecule has 126 valence electrons. The Morgan fingerprint density at radius 1 is 0.818 bits per heavy atom. The van der Waals surface area contributed by atoms with E-state index < -0.39 is 5.97 Å². The van der Waals surface area contributed by atoms with Crippen LogP contribution in [0.25, 0.3) is 0 Å². The predicted octanol–water partition coefficient (Wildman–Crippen LogP) is 5.39. The molecule has 0 aromatic rings. The van der Waals surface area contributed by atoms with Crippen LogP contribution in [0.4, 0.5) is 0 Å². The Hall–Kier alpha value is 0.170. The van der Waals surface area contributed by atoms with Crippen LogP contribution in [0.1, 0.15) is 96.8 Å². The summed E-state index contributed by atoms with van der Waals surface area (Å²) in [5.74, 6) is -0.521. The zero-order valence-electron chi connectivity index (χ0n) is 13.8. The molecule has 0 rings (SSSR count). The van der Waals surface area contributed by atoms with E-state index in [1.807, 2.05) is 0 Å². The molecule has 3 nitrogen and oxygen atoms in total. The van der Waals surface area contributed by atoms with E-state index in [-0.39, 0.29) is 29.6 Å². The minimum absolute atomic E-state index is 0. The first-order valence-corrected chi connectivity index (χ1v) is 8.80.